The minimum Gasteiger partial charge on any atom is -0.369 e. The summed E-state index contributed by atoms with van der Waals surface area (Å²) in [6.07, 6.45) is 2.63. The second-order valence-corrected chi connectivity index (χ2v) is 6.57. The molecule has 2 aromatic carbocycles. The number of rotatable bonds is 9. The molecule has 0 spiro atoms. The predicted octanol–water partition coefficient (Wildman–Crippen LogP) is 3.22. The maximum atomic E-state index is 12.6. The Morgan fingerprint density at radius 3 is 2.28 bits per heavy atom. The van der Waals surface area contributed by atoms with E-state index in [0.717, 1.165) is 24.9 Å². The van der Waals surface area contributed by atoms with Gasteiger partial charge in [0.25, 0.3) is 0 Å². The van der Waals surface area contributed by atoms with Gasteiger partial charge < -0.3 is 10.6 Å². The number of hydrogen-bond donors (Lipinski definition) is 1. The minimum atomic E-state index is -0.356. The van der Waals surface area contributed by atoms with Gasteiger partial charge in [0, 0.05) is 11.1 Å². The first-order valence-corrected chi connectivity index (χ1v) is 8.63. The normalized spacial score (nSPS) is 12.1. The number of benzene rings is 2. The highest BCUT2D eigenvalue weighted by molar-refractivity contribution is 6.09. The number of unbranched alkanes of at least 4 members (excludes halogenated alkanes) is 1. The summed E-state index contributed by atoms with van der Waals surface area (Å²) < 4.78 is 0. The van der Waals surface area contributed by atoms with Crippen LogP contribution < -0.4 is 5.73 Å². The molecule has 0 radical (unpaired) electrons. The SMILES string of the molecule is CN(C)CCCCC(C(N)=O)c1cccc(C(=O)c2ccccc2)c1. The molecule has 0 saturated heterocycles. The van der Waals surface area contributed by atoms with Crippen molar-refractivity contribution in [3.05, 3.63) is 71.3 Å². The molecule has 0 aromatic heterocycles. The van der Waals surface area contributed by atoms with Gasteiger partial charge in [-0.1, -0.05) is 55.0 Å². The van der Waals surface area contributed by atoms with E-state index in [2.05, 4.69) is 4.90 Å². The Balaban J connectivity index is 2.14. The third-order valence-corrected chi connectivity index (χ3v) is 4.28. The van der Waals surface area contributed by atoms with Crippen LogP contribution in [0.5, 0.6) is 0 Å². The second-order valence-electron chi connectivity index (χ2n) is 6.57. The van der Waals surface area contributed by atoms with Crippen molar-refractivity contribution in [1.82, 2.24) is 4.90 Å². The molecule has 1 unspecified atom stereocenters. The van der Waals surface area contributed by atoms with Crippen molar-refractivity contribution in [3.8, 4) is 0 Å². The average molecular weight is 338 g/mol. The number of nitrogens with zero attached hydrogens (tertiary/aromatic N) is 1. The molecule has 4 heteroatoms. The summed E-state index contributed by atoms with van der Waals surface area (Å²) >= 11 is 0. The number of primary amides is 1. The molecule has 0 aliphatic heterocycles. The Morgan fingerprint density at radius 2 is 1.64 bits per heavy atom. The molecule has 2 rings (SSSR count). The molecule has 0 fully saturated rings. The van der Waals surface area contributed by atoms with Crippen LogP contribution in [0.3, 0.4) is 0 Å². The lowest BCUT2D eigenvalue weighted by atomic mass is 9.90. The second kappa shape index (κ2) is 9.14. The molecule has 4 nitrogen and oxygen atoms in total. The van der Waals surface area contributed by atoms with Gasteiger partial charge in [-0.15, -0.1) is 0 Å². The van der Waals surface area contributed by atoms with Gasteiger partial charge in [-0.25, -0.2) is 0 Å². The summed E-state index contributed by atoms with van der Waals surface area (Å²) in [7, 11) is 4.06. The first-order chi connectivity index (χ1) is 12.0. The van der Waals surface area contributed by atoms with Crippen LogP contribution in [0.25, 0.3) is 0 Å². The Morgan fingerprint density at radius 1 is 0.960 bits per heavy atom. The van der Waals surface area contributed by atoms with Crippen molar-refractivity contribution in [1.29, 1.82) is 0 Å². The highest BCUT2D eigenvalue weighted by Crippen LogP contribution is 2.24. The standard InChI is InChI=1S/C21H26N2O2/c1-23(2)14-7-6-13-19(21(22)25)17-11-8-12-18(15-17)20(24)16-9-4-3-5-10-16/h3-5,8-12,15,19H,6-7,13-14H2,1-2H3,(H2,22,25). The summed E-state index contributed by atoms with van der Waals surface area (Å²) in [6.45, 7) is 0.984. The summed E-state index contributed by atoms with van der Waals surface area (Å²) in [5.41, 5.74) is 7.66. The zero-order valence-electron chi connectivity index (χ0n) is 14.9. The smallest absolute Gasteiger partial charge is 0.224 e. The number of ketones is 1. The van der Waals surface area contributed by atoms with Gasteiger partial charge >= 0.3 is 0 Å². The monoisotopic (exact) mass is 338 g/mol. The quantitative estimate of drug-likeness (QED) is 0.564. The van der Waals surface area contributed by atoms with E-state index in [0.29, 0.717) is 17.5 Å². The highest BCUT2D eigenvalue weighted by Gasteiger charge is 2.19. The third kappa shape index (κ3) is 5.54. The lowest BCUT2D eigenvalue weighted by Gasteiger charge is -2.16. The van der Waals surface area contributed by atoms with E-state index in [1.165, 1.54) is 0 Å². The lowest BCUT2D eigenvalue weighted by Crippen LogP contribution is -2.22. The molecule has 0 heterocycles. The molecular weight excluding hydrogens is 312 g/mol. The maximum Gasteiger partial charge on any atom is 0.224 e. The van der Waals surface area contributed by atoms with E-state index >= 15 is 0 Å². The zero-order chi connectivity index (χ0) is 18.2. The zero-order valence-corrected chi connectivity index (χ0v) is 14.9. The molecule has 2 N–H and O–H groups in total. The third-order valence-electron chi connectivity index (χ3n) is 4.28. The van der Waals surface area contributed by atoms with E-state index in [1.807, 2.05) is 44.4 Å². The van der Waals surface area contributed by atoms with Crippen molar-refractivity contribution >= 4 is 11.7 Å². The van der Waals surface area contributed by atoms with Crippen LogP contribution in [-0.2, 0) is 4.79 Å². The summed E-state index contributed by atoms with van der Waals surface area (Å²) in [5, 5.41) is 0. The van der Waals surface area contributed by atoms with Crippen molar-refractivity contribution in [2.75, 3.05) is 20.6 Å². The summed E-state index contributed by atoms with van der Waals surface area (Å²) in [5.74, 6) is -0.738. The van der Waals surface area contributed by atoms with Gasteiger partial charge in [0.15, 0.2) is 5.78 Å². The number of hydrogen-bond acceptors (Lipinski definition) is 3. The Bertz CT molecular complexity index is 711. The topological polar surface area (TPSA) is 63.4 Å². The van der Waals surface area contributed by atoms with Crippen LogP contribution in [0.2, 0.25) is 0 Å². The summed E-state index contributed by atoms with van der Waals surface area (Å²) in [4.78, 5) is 26.6. The number of nitrogens with two attached hydrogens (primary N) is 1. The van der Waals surface area contributed by atoms with Gasteiger partial charge in [-0.2, -0.15) is 0 Å². The van der Waals surface area contributed by atoms with Crippen LogP contribution >= 0.6 is 0 Å². The van der Waals surface area contributed by atoms with Crippen LogP contribution in [-0.4, -0.2) is 37.2 Å². The van der Waals surface area contributed by atoms with Crippen molar-refractivity contribution in [2.45, 2.75) is 25.2 Å². The number of carbonyl (C=O) groups is 2. The Hall–Kier alpha value is -2.46. The number of amides is 1. The van der Waals surface area contributed by atoms with Gasteiger partial charge in [0.2, 0.25) is 5.91 Å². The molecule has 0 bridgehead atoms. The maximum absolute atomic E-state index is 12.6. The predicted molar refractivity (Wildman–Crippen MR) is 101 cm³/mol. The lowest BCUT2D eigenvalue weighted by molar-refractivity contribution is -0.119. The van der Waals surface area contributed by atoms with Crippen molar-refractivity contribution in [2.24, 2.45) is 5.73 Å². The summed E-state index contributed by atoms with van der Waals surface area (Å²) in [6, 6.07) is 16.4. The van der Waals surface area contributed by atoms with Gasteiger partial charge in [-0.3, -0.25) is 9.59 Å². The van der Waals surface area contributed by atoms with Crippen molar-refractivity contribution < 1.29 is 9.59 Å². The van der Waals surface area contributed by atoms with E-state index in [-0.39, 0.29) is 17.6 Å². The van der Waals surface area contributed by atoms with Crippen LogP contribution in [0.15, 0.2) is 54.6 Å². The molecule has 1 atom stereocenters. The first-order valence-electron chi connectivity index (χ1n) is 8.63. The molecule has 2 aromatic rings. The van der Waals surface area contributed by atoms with E-state index in [1.54, 1.807) is 24.3 Å². The molecular formula is C21H26N2O2. The number of carbonyl (C=O) groups excluding carboxylic acids is 2. The fourth-order valence-corrected chi connectivity index (χ4v) is 2.90. The molecule has 1 amide bonds. The average Bonchev–Trinajstić information content (AvgIpc) is 2.61. The first kappa shape index (κ1) is 18.9. The van der Waals surface area contributed by atoms with E-state index in [9.17, 15) is 9.59 Å². The van der Waals surface area contributed by atoms with Gasteiger partial charge in [-0.05, 0) is 45.1 Å². The van der Waals surface area contributed by atoms with Crippen LogP contribution in [0.4, 0.5) is 0 Å². The van der Waals surface area contributed by atoms with E-state index in [4.69, 9.17) is 5.73 Å². The van der Waals surface area contributed by atoms with Crippen LogP contribution in [0, 0.1) is 0 Å². The Kier molecular flexibility index (Phi) is 6.90. The minimum absolute atomic E-state index is 0.0433. The van der Waals surface area contributed by atoms with Crippen LogP contribution in [0.1, 0.15) is 46.7 Å². The van der Waals surface area contributed by atoms with Gasteiger partial charge in [0.1, 0.15) is 0 Å². The molecule has 132 valence electrons. The van der Waals surface area contributed by atoms with Crippen molar-refractivity contribution in [3.63, 3.8) is 0 Å². The van der Waals surface area contributed by atoms with Gasteiger partial charge in [0.05, 0.1) is 5.92 Å². The largest absolute Gasteiger partial charge is 0.369 e. The molecule has 0 aliphatic rings. The molecule has 0 saturated carbocycles. The molecule has 25 heavy (non-hydrogen) atoms. The van der Waals surface area contributed by atoms with E-state index < -0.39 is 0 Å². The fraction of sp³-hybridized carbons (Fsp3) is 0.333. The molecule has 0 aliphatic carbocycles. The fourth-order valence-electron chi connectivity index (χ4n) is 2.90. The highest BCUT2D eigenvalue weighted by atomic mass is 16.1. The Labute approximate surface area is 149 Å².